The third kappa shape index (κ3) is 2.59. The number of methoxy groups -OCH3 is 1. The molecule has 1 aromatic rings. The number of nitrogens with one attached hydrogen (secondary N) is 1. The predicted molar refractivity (Wildman–Crippen MR) is 59.0 cm³/mol. The lowest BCUT2D eigenvalue weighted by Crippen LogP contribution is -2.16. The molecule has 1 aromatic heterocycles. The van der Waals surface area contributed by atoms with Gasteiger partial charge in [0.05, 0.1) is 12.1 Å². The van der Waals surface area contributed by atoms with Crippen molar-refractivity contribution in [2.45, 2.75) is 38.8 Å². The molecule has 2 rings (SSSR count). The summed E-state index contributed by atoms with van der Waals surface area (Å²) >= 11 is 0. The first-order valence-electron chi connectivity index (χ1n) is 5.77. The third-order valence-electron chi connectivity index (χ3n) is 2.80. The Morgan fingerprint density at radius 1 is 1.56 bits per heavy atom. The minimum Gasteiger partial charge on any atom is -0.380 e. The lowest BCUT2D eigenvalue weighted by molar-refractivity contribution is 0.116. The average molecular weight is 225 g/mol. The highest BCUT2D eigenvalue weighted by Gasteiger charge is 2.29. The van der Waals surface area contributed by atoms with Crippen molar-refractivity contribution in [3.8, 4) is 0 Å². The monoisotopic (exact) mass is 225 g/mol. The van der Waals surface area contributed by atoms with Gasteiger partial charge in [-0.25, -0.2) is 0 Å². The van der Waals surface area contributed by atoms with Gasteiger partial charge in [0.1, 0.15) is 0 Å². The van der Waals surface area contributed by atoms with E-state index in [1.807, 2.05) is 0 Å². The number of hydrogen-bond acceptors (Lipinski definition) is 5. The Bertz CT molecular complexity index is 338. The molecule has 0 spiro atoms. The number of rotatable bonds is 4. The van der Waals surface area contributed by atoms with E-state index in [-0.39, 0.29) is 12.1 Å². The second-order valence-corrected chi connectivity index (χ2v) is 4.70. The highest BCUT2D eigenvalue weighted by molar-refractivity contribution is 4.98. The molecule has 0 aromatic carbocycles. The number of nitrogens with zero attached hydrogens (tertiary/aromatic N) is 2. The summed E-state index contributed by atoms with van der Waals surface area (Å²) in [6, 6.07) is 0.151. The van der Waals surface area contributed by atoms with Crippen LogP contribution in [0.1, 0.15) is 38.0 Å². The van der Waals surface area contributed by atoms with Crippen LogP contribution in [-0.4, -0.2) is 29.9 Å². The topological polar surface area (TPSA) is 60.2 Å². The van der Waals surface area contributed by atoms with Crippen molar-refractivity contribution >= 4 is 0 Å². The number of aromatic nitrogens is 2. The lowest BCUT2D eigenvalue weighted by Gasteiger charge is -2.04. The molecule has 1 aliphatic heterocycles. The van der Waals surface area contributed by atoms with Gasteiger partial charge in [-0.05, 0) is 12.3 Å². The summed E-state index contributed by atoms with van der Waals surface area (Å²) in [5.74, 6) is 2.04. The Labute approximate surface area is 95.6 Å². The van der Waals surface area contributed by atoms with Crippen LogP contribution in [0, 0.1) is 5.92 Å². The Morgan fingerprint density at radius 2 is 2.38 bits per heavy atom. The summed E-state index contributed by atoms with van der Waals surface area (Å²) in [7, 11) is 1.73. The second-order valence-electron chi connectivity index (χ2n) is 4.70. The van der Waals surface area contributed by atoms with Crippen LogP contribution < -0.4 is 5.32 Å². The molecule has 2 heterocycles. The molecule has 5 heteroatoms. The highest BCUT2D eigenvalue weighted by atomic mass is 16.5. The molecular weight excluding hydrogens is 206 g/mol. The van der Waals surface area contributed by atoms with Crippen molar-refractivity contribution in [1.82, 2.24) is 15.5 Å². The van der Waals surface area contributed by atoms with E-state index in [4.69, 9.17) is 9.26 Å². The van der Waals surface area contributed by atoms with Crippen molar-refractivity contribution in [1.29, 1.82) is 0 Å². The first kappa shape index (κ1) is 11.5. The normalized spacial score (nSPS) is 25.5. The maximum Gasteiger partial charge on any atom is 0.243 e. The zero-order valence-electron chi connectivity index (χ0n) is 10.1. The molecule has 1 saturated heterocycles. The van der Waals surface area contributed by atoms with Crippen LogP contribution in [0.3, 0.4) is 0 Å². The summed E-state index contributed by atoms with van der Waals surface area (Å²) in [5.41, 5.74) is 0. The quantitative estimate of drug-likeness (QED) is 0.837. The van der Waals surface area contributed by atoms with E-state index in [2.05, 4.69) is 29.3 Å². The van der Waals surface area contributed by atoms with Gasteiger partial charge in [-0.15, -0.1) is 0 Å². The Hall–Kier alpha value is -0.940. The van der Waals surface area contributed by atoms with Gasteiger partial charge in [0.2, 0.25) is 5.89 Å². The van der Waals surface area contributed by atoms with Gasteiger partial charge in [0.25, 0.3) is 0 Å². The number of hydrogen-bond donors (Lipinski definition) is 1. The van der Waals surface area contributed by atoms with Gasteiger partial charge in [0, 0.05) is 20.1 Å². The van der Waals surface area contributed by atoms with Crippen molar-refractivity contribution in [2.24, 2.45) is 5.92 Å². The molecule has 0 bridgehead atoms. The Kier molecular flexibility index (Phi) is 3.56. The molecule has 16 heavy (non-hydrogen) atoms. The molecule has 0 saturated carbocycles. The smallest absolute Gasteiger partial charge is 0.243 e. The van der Waals surface area contributed by atoms with E-state index in [0.717, 1.165) is 25.2 Å². The van der Waals surface area contributed by atoms with Crippen LogP contribution in [0.5, 0.6) is 0 Å². The van der Waals surface area contributed by atoms with E-state index in [1.165, 1.54) is 0 Å². The van der Waals surface area contributed by atoms with Crippen molar-refractivity contribution in [3.63, 3.8) is 0 Å². The van der Waals surface area contributed by atoms with E-state index in [0.29, 0.717) is 11.8 Å². The summed E-state index contributed by atoms with van der Waals surface area (Å²) in [6.45, 7) is 5.14. The maximum absolute atomic E-state index is 5.28. The fraction of sp³-hybridized carbons (Fsp3) is 0.818. The lowest BCUT2D eigenvalue weighted by atomic mass is 10.1. The van der Waals surface area contributed by atoms with Crippen LogP contribution in [0.25, 0.3) is 0 Å². The largest absolute Gasteiger partial charge is 0.380 e. The minimum absolute atomic E-state index is 0.151. The van der Waals surface area contributed by atoms with Crippen LogP contribution >= 0.6 is 0 Å². The molecule has 0 amide bonds. The summed E-state index contributed by atoms with van der Waals surface area (Å²) in [5, 5.41) is 7.30. The first-order valence-corrected chi connectivity index (χ1v) is 5.77. The zero-order valence-corrected chi connectivity index (χ0v) is 10.1. The molecule has 1 N–H and O–H groups in total. The molecule has 5 nitrogen and oxygen atoms in total. The van der Waals surface area contributed by atoms with Crippen LogP contribution in [-0.2, 0) is 11.2 Å². The molecule has 1 fully saturated rings. The molecule has 2 atom stereocenters. The van der Waals surface area contributed by atoms with Crippen molar-refractivity contribution in [2.75, 3.05) is 13.7 Å². The second kappa shape index (κ2) is 4.93. The molecule has 90 valence electrons. The predicted octanol–water partition coefficient (Wildman–Crippen LogP) is 1.32. The fourth-order valence-electron chi connectivity index (χ4n) is 1.93. The van der Waals surface area contributed by atoms with Crippen molar-refractivity contribution < 1.29 is 9.26 Å². The van der Waals surface area contributed by atoms with Gasteiger partial charge < -0.3 is 14.6 Å². The van der Waals surface area contributed by atoms with Gasteiger partial charge >= 0.3 is 0 Å². The average Bonchev–Trinajstić information content (AvgIpc) is 2.83. The van der Waals surface area contributed by atoms with Gasteiger partial charge in [-0.2, -0.15) is 4.98 Å². The SMILES string of the molecule is COC1CNC(c2nc(CC(C)C)no2)C1. The summed E-state index contributed by atoms with van der Waals surface area (Å²) in [4.78, 5) is 4.41. The molecule has 0 aliphatic carbocycles. The summed E-state index contributed by atoms with van der Waals surface area (Å²) < 4.78 is 10.5. The standard InChI is InChI=1S/C11H19N3O2/c1-7(2)4-10-13-11(16-14-10)9-5-8(15-3)6-12-9/h7-9,12H,4-6H2,1-3H3. The van der Waals surface area contributed by atoms with Gasteiger partial charge in [-0.1, -0.05) is 19.0 Å². The third-order valence-corrected chi connectivity index (χ3v) is 2.80. The van der Waals surface area contributed by atoms with Gasteiger partial charge in [-0.3, -0.25) is 0 Å². The van der Waals surface area contributed by atoms with Crippen LogP contribution in [0.2, 0.25) is 0 Å². The Balaban J connectivity index is 1.97. The zero-order chi connectivity index (χ0) is 11.5. The fourth-order valence-corrected chi connectivity index (χ4v) is 1.93. The van der Waals surface area contributed by atoms with Gasteiger partial charge in [0.15, 0.2) is 5.82 Å². The molecule has 0 radical (unpaired) electrons. The van der Waals surface area contributed by atoms with E-state index in [9.17, 15) is 0 Å². The first-order chi connectivity index (χ1) is 7.69. The maximum atomic E-state index is 5.28. The molecule has 2 unspecified atom stereocenters. The van der Waals surface area contributed by atoms with E-state index in [1.54, 1.807) is 7.11 Å². The highest BCUT2D eigenvalue weighted by Crippen LogP contribution is 2.23. The summed E-state index contributed by atoms with van der Waals surface area (Å²) in [6.07, 6.45) is 2.02. The Morgan fingerprint density at radius 3 is 3.00 bits per heavy atom. The molecule has 1 aliphatic rings. The van der Waals surface area contributed by atoms with Crippen LogP contribution in [0.15, 0.2) is 4.52 Å². The minimum atomic E-state index is 0.151. The van der Waals surface area contributed by atoms with Crippen molar-refractivity contribution in [3.05, 3.63) is 11.7 Å². The molecular formula is C11H19N3O2. The number of ether oxygens (including phenoxy) is 1. The van der Waals surface area contributed by atoms with E-state index < -0.39 is 0 Å². The van der Waals surface area contributed by atoms with E-state index >= 15 is 0 Å². The van der Waals surface area contributed by atoms with Crippen LogP contribution in [0.4, 0.5) is 0 Å².